The minimum Gasteiger partial charge on any atom is -0.310 e. The van der Waals surface area contributed by atoms with Gasteiger partial charge in [0.25, 0.3) is 0 Å². The minimum atomic E-state index is -0.318. The molecule has 0 aliphatic heterocycles. The van der Waals surface area contributed by atoms with E-state index in [9.17, 15) is 0 Å². The van der Waals surface area contributed by atoms with E-state index in [0.29, 0.717) is 0 Å². The molecular weight excluding hydrogens is 807 g/mol. The SMILES string of the molecule is CC1(c2ccccc2)c2ccccc2-c2ccc(N(c3ccc(-c4ccc5c(c4)c(-c4ccccc4)c(-c4ccccc4)c4ccccc45)cc3)c3ccc4c(ccc5ccccc54)c3)cc21. The number of hydrogen-bond acceptors (Lipinski definition) is 1. The largest absolute Gasteiger partial charge is 0.310 e. The lowest BCUT2D eigenvalue weighted by molar-refractivity contribution is 0.714. The Morgan fingerprint density at radius 2 is 0.791 bits per heavy atom. The quantitative estimate of drug-likeness (QED) is 0.144. The van der Waals surface area contributed by atoms with Gasteiger partial charge in [0.2, 0.25) is 0 Å². The Morgan fingerprint density at radius 3 is 1.55 bits per heavy atom. The van der Waals surface area contributed by atoms with Crippen LogP contribution >= 0.6 is 0 Å². The fourth-order valence-corrected chi connectivity index (χ4v) is 11.3. The smallest absolute Gasteiger partial charge is 0.0468 e. The van der Waals surface area contributed by atoms with Gasteiger partial charge in [-0.2, -0.15) is 0 Å². The third-order valence-electron chi connectivity index (χ3n) is 14.5. The molecule has 13 rings (SSSR count). The molecule has 1 heteroatoms. The summed E-state index contributed by atoms with van der Waals surface area (Å²) in [5.74, 6) is 0. The minimum absolute atomic E-state index is 0.318. The Bertz CT molecular complexity index is 3850. The standard InChI is InChI=1S/C66H45N/c1-66(50-22-9-4-10-23-50)62-28-16-15-26-58(62)59-40-37-53(43-63(59)66)67(52-36-39-55-49(41-52)30-29-45-17-11-12-24-54(45)55)51-34-31-44(32-35-51)48-33-38-57-56-25-13-14-27-60(56)64(46-18-5-2-6-19-46)65(61(57)42-48)47-20-7-3-8-21-47/h2-43H,1H3. The van der Waals surface area contributed by atoms with Crippen LogP contribution in [0.4, 0.5) is 17.1 Å². The fraction of sp³-hybridized carbons (Fsp3) is 0.0303. The van der Waals surface area contributed by atoms with Gasteiger partial charge in [-0.05, 0) is 154 Å². The van der Waals surface area contributed by atoms with Crippen molar-refractivity contribution in [2.45, 2.75) is 12.3 Å². The lowest BCUT2D eigenvalue weighted by Crippen LogP contribution is -2.22. The molecule has 12 aromatic carbocycles. The van der Waals surface area contributed by atoms with Gasteiger partial charge in [-0.1, -0.05) is 212 Å². The summed E-state index contributed by atoms with van der Waals surface area (Å²) < 4.78 is 0. The summed E-state index contributed by atoms with van der Waals surface area (Å²) >= 11 is 0. The zero-order valence-corrected chi connectivity index (χ0v) is 37.2. The molecule has 1 aliphatic rings. The van der Waals surface area contributed by atoms with Crippen molar-refractivity contribution in [3.63, 3.8) is 0 Å². The highest BCUT2D eigenvalue weighted by Crippen LogP contribution is 2.54. The third kappa shape index (κ3) is 6.23. The Hall–Kier alpha value is -8.52. The molecule has 0 saturated carbocycles. The van der Waals surface area contributed by atoms with Gasteiger partial charge in [0.15, 0.2) is 0 Å². The van der Waals surface area contributed by atoms with E-state index < -0.39 is 0 Å². The van der Waals surface area contributed by atoms with Gasteiger partial charge >= 0.3 is 0 Å². The van der Waals surface area contributed by atoms with E-state index in [1.807, 2.05) is 0 Å². The van der Waals surface area contributed by atoms with E-state index in [4.69, 9.17) is 0 Å². The maximum atomic E-state index is 2.45. The van der Waals surface area contributed by atoms with Crippen LogP contribution in [0.3, 0.4) is 0 Å². The van der Waals surface area contributed by atoms with Gasteiger partial charge < -0.3 is 4.90 Å². The first-order valence-electron chi connectivity index (χ1n) is 23.3. The van der Waals surface area contributed by atoms with E-state index in [0.717, 1.165) is 17.1 Å². The van der Waals surface area contributed by atoms with Crippen LogP contribution in [0.2, 0.25) is 0 Å². The molecule has 0 spiro atoms. The van der Waals surface area contributed by atoms with Crippen LogP contribution in [-0.4, -0.2) is 0 Å². The average Bonchev–Trinajstić information content (AvgIpc) is 3.66. The van der Waals surface area contributed by atoms with Gasteiger partial charge in [0.1, 0.15) is 0 Å². The fourth-order valence-electron chi connectivity index (χ4n) is 11.3. The molecule has 0 radical (unpaired) electrons. The average molecular weight is 852 g/mol. The zero-order valence-electron chi connectivity index (χ0n) is 37.2. The molecule has 0 aromatic heterocycles. The van der Waals surface area contributed by atoms with Crippen molar-refractivity contribution in [1.29, 1.82) is 0 Å². The number of benzene rings is 12. The maximum Gasteiger partial charge on any atom is 0.0468 e. The van der Waals surface area contributed by atoms with Crippen LogP contribution in [0.25, 0.3) is 87.6 Å². The molecule has 314 valence electrons. The number of fused-ring (bicyclic) bond motifs is 9. The summed E-state index contributed by atoms with van der Waals surface area (Å²) in [4.78, 5) is 2.44. The Balaban J connectivity index is 0.986. The van der Waals surface area contributed by atoms with Crippen molar-refractivity contribution in [2.24, 2.45) is 0 Å². The summed E-state index contributed by atoms with van der Waals surface area (Å²) in [6, 6.07) is 94.2. The van der Waals surface area contributed by atoms with Gasteiger partial charge in [0.05, 0.1) is 0 Å². The lowest BCUT2D eigenvalue weighted by atomic mass is 9.74. The van der Waals surface area contributed by atoms with E-state index in [1.165, 1.54) is 104 Å². The molecule has 1 nitrogen and oxygen atoms in total. The highest BCUT2D eigenvalue weighted by Gasteiger charge is 2.41. The number of rotatable bonds is 7. The summed E-state index contributed by atoms with van der Waals surface area (Å²) in [5, 5.41) is 10.0. The molecule has 0 saturated heterocycles. The van der Waals surface area contributed by atoms with Crippen molar-refractivity contribution < 1.29 is 0 Å². The second kappa shape index (κ2) is 15.6. The van der Waals surface area contributed by atoms with Gasteiger partial charge in [-0.25, -0.2) is 0 Å². The second-order valence-electron chi connectivity index (χ2n) is 18.1. The molecule has 12 aromatic rings. The highest BCUT2D eigenvalue weighted by molar-refractivity contribution is 6.22. The van der Waals surface area contributed by atoms with Crippen molar-refractivity contribution in [1.82, 2.24) is 0 Å². The van der Waals surface area contributed by atoms with Crippen LogP contribution in [0.15, 0.2) is 255 Å². The molecule has 1 atom stereocenters. The molecule has 1 unspecified atom stereocenters. The normalized spacial score (nSPS) is 14.1. The summed E-state index contributed by atoms with van der Waals surface area (Å²) in [6.07, 6.45) is 0. The van der Waals surface area contributed by atoms with E-state index in [-0.39, 0.29) is 5.41 Å². The molecule has 0 heterocycles. The monoisotopic (exact) mass is 851 g/mol. The summed E-state index contributed by atoms with van der Waals surface area (Å²) in [5.41, 5.74) is 16.9. The topological polar surface area (TPSA) is 3.24 Å². The Labute approximate surface area is 391 Å². The zero-order chi connectivity index (χ0) is 44.5. The molecule has 0 fully saturated rings. The Morgan fingerprint density at radius 1 is 0.284 bits per heavy atom. The van der Waals surface area contributed by atoms with Crippen LogP contribution in [0.1, 0.15) is 23.6 Å². The first-order valence-corrected chi connectivity index (χ1v) is 23.3. The van der Waals surface area contributed by atoms with E-state index in [1.54, 1.807) is 0 Å². The van der Waals surface area contributed by atoms with Gasteiger partial charge in [-0.3, -0.25) is 0 Å². The summed E-state index contributed by atoms with van der Waals surface area (Å²) in [6.45, 7) is 2.40. The lowest BCUT2D eigenvalue weighted by Gasteiger charge is -2.31. The maximum absolute atomic E-state index is 2.45. The number of anilines is 3. The molecular formula is C66H45N. The first-order chi connectivity index (χ1) is 33.1. The second-order valence-corrected chi connectivity index (χ2v) is 18.1. The third-order valence-corrected chi connectivity index (χ3v) is 14.5. The molecule has 0 N–H and O–H groups in total. The van der Waals surface area contributed by atoms with E-state index >= 15 is 0 Å². The van der Waals surface area contributed by atoms with Crippen LogP contribution in [0, 0.1) is 0 Å². The van der Waals surface area contributed by atoms with Crippen LogP contribution < -0.4 is 4.90 Å². The molecule has 0 bridgehead atoms. The van der Waals surface area contributed by atoms with E-state index in [2.05, 4.69) is 267 Å². The number of hydrogen-bond donors (Lipinski definition) is 0. The van der Waals surface area contributed by atoms with Crippen molar-refractivity contribution in [3.8, 4) is 44.5 Å². The van der Waals surface area contributed by atoms with Crippen LogP contribution in [0.5, 0.6) is 0 Å². The molecule has 0 amide bonds. The highest BCUT2D eigenvalue weighted by atomic mass is 15.1. The van der Waals surface area contributed by atoms with Gasteiger partial charge in [0, 0.05) is 22.5 Å². The summed E-state index contributed by atoms with van der Waals surface area (Å²) in [7, 11) is 0. The first kappa shape index (κ1) is 38.9. The molecule has 1 aliphatic carbocycles. The predicted octanol–water partition coefficient (Wildman–Crippen LogP) is 18.1. The predicted molar refractivity (Wildman–Crippen MR) is 285 cm³/mol. The van der Waals surface area contributed by atoms with Crippen molar-refractivity contribution >= 4 is 60.2 Å². The van der Waals surface area contributed by atoms with Crippen molar-refractivity contribution in [2.75, 3.05) is 4.90 Å². The number of nitrogens with zero attached hydrogens (tertiary/aromatic N) is 1. The van der Waals surface area contributed by atoms with Crippen molar-refractivity contribution in [3.05, 3.63) is 271 Å². The van der Waals surface area contributed by atoms with Crippen LogP contribution in [-0.2, 0) is 5.41 Å². The molecule has 67 heavy (non-hydrogen) atoms. The van der Waals surface area contributed by atoms with Gasteiger partial charge in [-0.15, -0.1) is 0 Å². The Kier molecular flexibility index (Phi) is 9.05.